The first kappa shape index (κ1) is 42.9. The molecule has 14 heteroatoms. The molecule has 5 aromatic carbocycles. The van der Waals surface area contributed by atoms with Crippen molar-refractivity contribution < 1.29 is 42.9 Å². The van der Waals surface area contributed by atoms with Gasteiger partial charge < -0.3 is 34.9 Å². The van der Waals surface area contributed by atoms with Crippen molar-refractivity contribution in [2.75, 3.05) is 0 Å². The van der Waals surface area contributed by atoms with E-state index in [9.17, 15) is 24.0 Å². The first-order valence-electron chi connectivity index (χ1n) is 17.8. The van der Waals surface area contributed by atoms with Crippen molar-refractivity contribution in [2.45, 2.75) is 56.9 Å². The van der Waals surface area contributed by atoms with Crippen LogP contribution < -0.4 is 14.2 Å². The van der Waals surface area contributed by atoms with Gasteiger partial charge in [-0.3, -0.25) is 9.59 Å². The maximum atomic E-state index is 13.6. The van der Waals surface area contributed by atoms with Crippen molar-refractivity contribution >= 4 is 79.4 Å². The Morgan fingerprint density at radius 2 is 1.05 bits per heavy atom. The van der Waals surface area contributed by atoms with E-state index in [1.54, 1.807) is 84.9 Å². The van der Waals surface area contributed by atoms with Gasteiger partial charge in [0.15, 0.2) is 15.8 Å². The molecular formula is C44H36O9P2S3-2. The molecule has 0 radical (unpaired) electrons. The lowest BCUT2D eigenvalue weighted by molar-refractivity contribution is -0.118. The van der Waals surface area contributed by atoms with Gasteiger partial charge in [0, 0.05) is 49.4 Å². The number of carbonyl (C=O) groups excluding carboxylic acids is 5. The fourth-order valence-corrected chi connectivity index (χ4v) is 7.87. The summed E-state index contributed by atoms with van der Waals surface area (Å²) in [6.45, 7) is 10.9. The van der Waals surface area contributed by atoms with Gasteiger partial charge in [-0.1, -0.05) is 108 Å². The molecule has 0 fully saturated rings. The Hall–Kier alpha value is -4.70. The van der Waals surface area contributed by atoms with E-state index in [1.807, 2.05) is 53.7 Å². The number of ether oxygens (including phenoxy) is 4. The molecule has 0 N–H and O–H groups in total. The van der Waals surface area contributed by atoms with Crippen LogP contribution in [0.3, 0.4) is 0 Å². The minimum absolute atomic E-state index is 0.103. The minimum atomic E-state index is -1.44. The molecule has 0 aromatic heterocycles. The molecule has 7 rings (SSSR count). The van der Waals surface area contributed by atoms with E-state index >= 15 is 0 Å². The number of fused-ring (bicyclic) bond motifs is 6. The van der Waals surface area contributed by atoms with Crippen LogP contribution in [0.5, 0.6) is 23.0 Å². The SMILES string of the molecule is CC(C)(C)C(=O)Sc1ccccc1C(=O)Oc1ccc2c(c1)Oc1cc(OC(=O)c3ccccc3SC(=O)C(C)(C)C)ccc1C21OC(=O)c2ccccc21.[P-2]P=S. The van der Waals surface area contributed by atoms with Crippen LogP contribution in [0.15, 0.2) is 119 Å². The van der Waals surface area contributed by atoms with Crippen molar-refractivity contribution in [3.05, 3.63) is 143 Å². The Morgan fingerprint density at radius 1 is 0.638 bits per heavy atom. The number of thioether (sulfide) groups is 2. The Balaban J connectivity index is 0.00000183. The monoisotopic (exact) mass is 866 g/mol. The molecule has 0 aliphatic carbocycles. The van der Waals surface area contributed by atoms with Gasteiger partial charge in [-0.25, -0.2) is 14.4 Å². The highest BCUT2D eigenvalue weighted by molar-refractivity contribution is 8.24. The number of hydrogen-bond donors (Lipinski definition) is 0. The molecule has 5 aromatic rings. The summed E-state index contributed by atoms with van der Waals surface area (Å²) in [4.78, 5) is 67.1. The highest BCUT2D eigenvalue weighted by Gasteiger charge is 2.53. The molecule has 0 unspecified atom stereocenters. The van der Waals surface area contributed by atoms with Crippen molar-refractivity contribution in [1.29, 1.82) is 0 Å². The van der Waals surface area contributed by atoms with Gasteiger partial charge in [0.2, 0.25) is 0 Å². The third-order valence-corrected chi connectivity index (χ3v) is 11.7. The van der Waals surface area contributed by atoms with Crippen molar-refractivity contribution in [3.63, 3.8) is 0 Å². The van der Waals surface area contributed by atoms with Gasteiger partial charge in [-0.05, 0) is 54.6 Å². The molecule has 296 valence electrons. The summed E-state index contributed by atoms with van der Waals surface area (Å²) in [5, 5.41) is -0.205. The predicted molar refractivity (Wildman–Crippen MR) is 229 cm³/mol. The maximum Gasteiger partial charge on any atom is 0.344 e. The van der Waals surface area contributed by atoms with Crippen LogP contribution in [0, 0.1) is 10.8 Å². The van der Waals surface area contributed by atoms with Gasteiger partial charge in [0.25, 0.3) is 0 Å². The van der Waals surface area contributed by atoms with E-state index in [1.165, 1.54) is 12.1 Å². The standard InChI is InChI=1S/C44H36O9S2.P2S/c1-42(2,3)40(48)54-35-17-11-8-14-28(35)37(45)50-25-19-21-31-33(23-25)52-34-24-26(20-22-32(34)44(31)30-16-10-7-13-27(30)39(47)53-44)51-38(46)29-15-9-12-18-36(29)55-41(49)43(4,5)6;1-2-3/h7-24H,1-6H3;/q;-2. The summed E-state index contributed by atoms with van der Waals surface area (Å²) < 4.78 is 24.4. The number of hydrogen-bond acceptors (Lipinski definition) is 12. The molecular weight excluding hydrogens is 831 g/mol. The molecule has 0 saturated carbocycles. The van der Waals surface area contributed by atoms with E-state index in [2.05, 4.69) is 20.7 Å². The summed E-state index contributed by atoms with van der Waals surface area (Å²) in [5.41, 5.74) is -0.297. The quantitative estimate of drug-likeness (QED) is 0.0699. The molecule has 9 nitrogen and oxygen atoms in total. The number of carbonyl (C=O) groups is 5. The fourth-order valence-electron chi connectivity index (χ4n) is 6.04. The highest BCUT2D eigenvalue weighted by Crippen LogP contribution is 2.57. The van der Waals surface area contributed by atoms with Gasteiger partial charge in [-0.2, -0.15) is 0 Å². The van der Waals surface area contributed by atoms with E-state index < -0.39 is 34.3 Å². The van der Waals surface area contributed by atoms with Crippen molar-refractivity contribution in [3.8, 4) is 23.0 Å². The van der Waals surface area contributed by atoms with E-state index in [0.717, 1.165) is 23.5 Å². The van der Waals surface area contributed by atoms with E-state index in [4.69, 9.17) is 18.9 Å². The van der Waals surface area contributed by atoms with Crippen LogP contribution in [-0.2, 0) is 31.7 Å². The largest absolute Gasteiger partial charge is 1.41 e. The lowest BCUT2D eigenvalue weighted by atomic mass is 9.77. The summed E-state index contributed by atoms with van der Waals surface area (Å²) >= 11 is 6.19. The first-order valence-corrected chi connectivity index (χ1v) is 22.5. The highest BCUT2D eigenvalue weighted by atomic mass is 32.6. The van der Waals surface area contributed by atoms with Crippen molar-refractivity contribution in [2.24, 2.45) is 10.8 Å². The van der Waals surface area contributed by atoms with Gasteiger partial charge in [0.05, 0.1) is 16.7 Å². The fraction of sp³-hybridized carbons (Fsp3) is 0.205. The first-order chi connectivity index (χ1) is 27.5. The zero-order valence-electron chi connectivity index (χ0n) is 32.2. The average Bonchev–Trinajstić information content (AvgIpc) is 3.46. The Bertz CT molecular complexity index is 2350. The van der Waals surface area contributed by atoms with E-state index in [0.29, 0.717) is 39.1 Å². The summed E-state index contributed by atoms with van der Waals surface area (Å²) in [6, 6.07) is 30.1. The normalized spacial score (nSPS) is 13.5. The van der Waals surface area contributed by atoms with Crippen LogP contribution >= 0.6 is 39.5 Å². The van der Waals surface area contributed by atoms with Gasteiger partial charge >= 0.3 is 17.9 Å². The molecule has 0 saturated heterocycles. The number of benzene rings is 5. The summed E-state index contributed by atoms with van der Waals surface area (Å²) in [5.74, 6) is -1.13. The molecule has 2 heterocycles. The lowest BCUT2D eigenvalue weighted by Crippen LogP contribution is -2.33. The van der Waals surface area contributed by atoms with Crippen molar-refractivity contribution in [1.82, 2.24) is 0 Å². The van der Waals surface area contributed by atoms with E-state index in [-0.39, 0.29) is 44.4 Å². The second kappa shape index (κ2) is 17.3. The molecule has 0 atom stereocenters. The Labute approximate surface area is 353 Å². The summed E-state index contributed by atoms with van der Waals surface area (Å²) in [7, 11) is 4.27. The zero-order valence-corrected chi connectivity index (χ0v) is 36.4. The number of rotatable bonds is 6. The second-order valence-corrected chi connectivity index (χ2v) is 19.3. The Kier molecular flexibility index (Phi) is 12.8. The van der Waals surface area contributed by atoms with Gasteiger partial charge in [-0.15, -0.1) is 11.8 Å². The van der Waals surface area contributed by atoms with Crippen LogP contribution in [-0.4, -0.2) is 28.1 Å². The average molecular weight is 867 g/mol. The molecule has 1 spiro atoms. The minimum Gasteiger partial charge on any atom is -1.41 e. The molecule has 0 bridgehead atoms. The second-order valence-electron chi connectivity index (χ2n) is 15.2. The summed E-state index contributed by atoms with van der Waals surface area (Å²) in [6.07, 6.45) is 0. The topological polar surface area (TPSA) is 122 Å². The molecule has 58 heavy (non-hydrogen) atoms. The smallest absolute Gasteiger partial charge is 0.344 e. The maximum absolute atomic E-state index is 13.6. The predicted octanol–water partition coefficient (Wildman–Crippen LogP) is 11.7. The Morgan fingerprint density at radius 3 is 1.50 bits per heavy atom. The van der Waals surface area contributed by atoms with Crippen LogP contribution in [0.1, 0.15) is 89.3 Å². The van der Waals surface area contributed by atoms with Crippen LogP contribution in [0.25, 0.3) is 0 Å². The van der Waals surface area contributed by atoms with Crippen LogP contribution in [0.2, 0.25) is 0 Å². The molecule has 0 amide bonds. The molecule has 2 aliphatic rings. The van der Waals surface area contributed by atoms with Gasteiger partial charge in [0.1, 0.15) is 23.0 Å². The zero-order chi connectivity index (χ0) is 42.0. The third kappa shape index (κ3) is 8.82. The molecule has 2 aliphatic heterocycles. The number of esters is 3. The third-order valence-electron chi connectivity index (χ3n) is 8.92. The van der Waals surface area contributed by atoms with Crippen LogP contribution in [0.4, 0.5) is 0 Å². The lowest BCUT2D eigenvalue weighted by Gasteiger charge is -2.36.